The Morgan fingerprint density at radius 1 is 1.67 bits per heavy atom. The smallest absolute Gasteiger partial charge is 0.341 e. The summed E-state index contributed by atoms with van der Waals surface area (Å²) in [7, 11) is 1.38. The van der Waals surface area contributed by atoms with E-state index >= 15 is 0 Å². The standard InChI is InChI=1S/C13H19NO3S/c1-9-12(13(15)16-2)5-11(17-9)7-14-6-10-3-4-18-8-10/h5,10,14H,3-4,6-8H2,1-2H3. The van der Waals surface area contributed by atoms with Gasteiger partial charge >= 0.3 is 5.97 Å². The number of carbonyl (C=O) groups is 1. The quantitative estimate of drug-likeness (QED) is 0.831. The fourth-order valence-corrected chi connectivity index (χ4v) is 3.37. The minimum absolute atomic E-state index is 0.338. The van der Waals surface area contributed by atoms with Crippen LogP contribution in [0.2, 0.25) is 0 Å². The van der Waals surface area contributed by atoms with Crippen molar-refractivity contribution in [2.24, 2.45) is 5.92 Å². The van der Waals surface area contributed by atoms with Crippen molar-refractivity contribution in [1.82, 2.24) is 5.32 Å². The molecule has 1 fully saturated rings. The molecule has 1 aliphatic rings. The molecule has 1 aromatic heterocycles. The molecular formula is C13H19NO3S. The van der Waals surface area contributed by atoms with E-state index in [1.807, 2.05) is 11.8 Å². The molecule has 18 heavy (non-hydrogen) atoms. The summed E-state index contributed by atoms with van der Waals surface area (Å²) in [5.74, 6) is 4.37. The number of methoxy groups -OCH3 is 1. The van der Waals surface area contributed by atoms with Crippen LogP contribution in [0.25, 0.3) is 0 Å². The lowest BCUT2D eigenvalue weighted by molar-refractivity contribution is 0.0599. The summed E-state index contributed by atoms with van der Waals surface area (Å²) in [6.07, 6.45) is 1.29. The van der Waals surface area contributed by atoms with Gasteiger partial charge in [0.05, 0.1) is 13.7 Å². The third-order valence-electron chi connectivity index (χ3n) is 3.13. The molecule has 4 nitrogen and oxygen atoms in total. The summed E-state index contributed by atoms with van der Waals surface area (Å²) in [6.45, 7) is 3.46. The number of nitrogens with one attached hydrogen (secondary N) is 1. The van der Waals surface area contributed by atoms with Crippen LogP contribution in [0.1, 0.15) is 28.3 Å². The summed E-state index contributed by atoms with van der Waals surface area (Å²) < 4.78 is 10.2. The molecule has 1 aliphatic heterocycles. The second kappa shape index (κ2) is 6.29. The normalized spacial score (nSPS) is 19.1. The highest BCUT2D eigenvalue weighted by molar-refractivity contribution is 7.99. The zero-order chi connectivity index (χ0) is 13.0. The maximum Gasteiger partial charge on any atom is 0.341 e. The highest BCUT2D eigenvalue weighted by Crippen LogP contribution is 2.22. The number of thioether (sulfide) groups is 1. The average molecular weight is 269 g/mol. The van der Waals surface area contributed by atoms with Crippen LogP contribution < -0.4 is 5.32 Å². The molecule has 2 rings (SSSR count). The van der Waals surface area contributed by atoms with Crippen molar-refractivity contribution >= 4 is 17.7 Å². The number of esters is 1. The van der Waals surface area contributed by atoms with Gasteiger partial charge in [-0.15, -0.1) is 0 Å². The van der Waals surface area contributed by atoms with Crippen molar-refractivity contribution in [3.05, 3.63) is 23.2 Å². The lowest BCUT2D eigenvalue weighted by atomic mass is 10.1. The first-order chi connectivity index (χ1) is 8.70. The Bertz CT molecular complexity index is 410. The Kier molecular flexibility index (Phi) is 4.72. The van der Waals surface area contributed by atoms with Crippen molar-refractivity contribution in [3.8, 4) is 0 Å². The monoisotopic (exact) mass is 269 g/mol. The van der Waals surface area contributed by atoms with Gasteiger partial charge in [0.1, 0.15) is 17.1 Å². The van der Waals surface area contributed by atoms with E-state index in [4.69, 9.17) is 9.15 Å². The fraction of sp³-hybridized carbons (Fsp3) is 0.615. The Morgan fingerprint density at radius 2 is 2.50 bits per heavy atom. The van der Waals surface area contributed by atoms with Crippen LogP contribution in [0, 0.1) is 12.8 Å². The van der Waals surface area contributed by atoms with E-state index in [-0.39, 0.29) is 5.97 Å². The molecule has 0 aromatic carbocycles. The molecule has 1 aromatic rings. The first-order valence-electron chi connectivity index (χ1n) is 6.16. The van der Waals surface area contributed by atoms with Crippen molar-refractivity contribution in [3.63, 3.8) is 0 Å². The number of hydrogen-bond acceptors (Lipinski definition) is 5. The van der Waals surface area contributed by atoms with E-state index in [1.165, 1.54) is 25.0 Å². The molecule has 2 heterocycles. The zero-order valence-corrected chi connectivity index (χ0v) is 11.6. The van der Waals surface area contributed by atoms with E-state index < -0.39 is 0 Å². The van der Waals surface area contributed by atoms with Crippen LogP contribution in [0.3, 0.4) is 0 Å². The van der Waals surface area contributed by atoms with Crippen molar-refractivity contribution < 1.29 is 13.9 Å². The third kappa shape index (κ3) is 3.29. The van der Waals surface area contributed by atoms with E-state index in [0.717, 1.165) is 18.2 Å². The SMILES string of the molecule is COC(=O)c1cc(CNCC2CCSC2)oc1C. The van der Waals surface area contributed by atoms with Gasteiger partial charge in [-0.2, -0.15) is 11.8 Å². The first-order valence-corrected chi connectivity index (χ1v) is 7.32. The minimum atomic E-state index is -0.338. The fourth-order valence-electron chi connectivity index (χ4n) is 2.09. The summed E-state index contributed by atoms with van der Waals surface area (Å²) in [6, 6.07) is 1.76. The summed E-state index contributed by atoms with van der Waals surface area (Å²) in [5, 5.41) is 3.38. The lowest BCUT2D eigenvalue weighted by Gasteiger charge is -2.08. The number of ether oxygens (including phenoxy) is 1. The summed E-state index contributed by atoms with van der Waals surface area (Å²) >= 11 is 2.02. The van der Waals surface area contributed by atoms with Crippen LogP contribution >= 0.6 is 11.8 Å². The Morgan fingerprint density at radius 3 is 3.17 bits per heavy atom. The molecule has 100 valence electrons. The molecule has 1 atom stereocenters. The number of hydrogen-bond donors (Lipinski definition) is 1. The molecule has 1 saturated heterocycles. The molecule has 0 aliphatic carbocycles. The number of furan rings is 1. The number of rotatable bonds is 5. The molecule has 5 heteroatoms. The highest BCUT2D eigenvalue weighted by Gasteiger charge is 2.17. The Labute approximate surface area is 111 Å². The second-order valence-corrected chi connectivity index (χ2v) is 5.68. The van der Waals surface area contributed by atoms with Crippen LogP contribution in [0.4, 0.5) is 0 Å². The van der Waals surface area contributed by atoms with Crippen molar-refractivity contribution in [2.75, 3.05) is 25.2 Å². The third-order valence-corrected chi connectivity index (χ3v) is 4.36. The van der Waals surface area contributed by atoms with Gasteiger partial charge in [0, 0.05) is 0 Å². The van der Waals surface area contributed by atoms with Crippen molar-refractivity contribution in [1.29, 1.82) is 0 Å². The zero-order valence-electron chi connectivity index (χ0n) is 10.8. The number of carbonyl (C=O) groups excluding carboxylic acids is 1. The Balaban J connectivity index is 1.83. The Hall–Kier alpha value is -0.940. The van der Waals surface area contributed by atoms with Gasteiger partial charge in [-0.25, -0.2) is 4.79 Å². The molecule has 0 saturated carbocycles. The summed E-state index contributed by atoms with van der Waals surface area (Å²) in [4.78, 5) is 11.4. The van der Waals surface area contributed by atoms with Crippen molar-refractivity contribution in [2.45, 2.75) is 19.9 Å². The predicted molar refractivity (Wildman–Crippen MR) is 71.9 cm³/mol. The van der Waals surface area contributed by atoms with Gasteiger partial charge in [0.15, 0.2) is 0 Å². The van der Waals surface area contributed by atoms with Gasteiger partial charge in [-0.05, 0) is 43.4 Å². The van der Waals surface area contributed by atoms with Crippen LogP contribution in [-0.2, 0) is 11.3 Å². The molecule has 1 N–H and O–H groups in total. The highest BCUT2D eigenvalue weighted by atomic mass is 32.2. The van der Waals surface area contributed by atoms with Crippen LogP contribution in [0.5, 0.6) is 0 Å². The van der Waals surface area contributed by atoms with Gasteiger partial charge < -0.3 is 14.5 Å². The molecule has 0 amide bonds. The average Bonchev–Trinajstić information content (AvgIpc) is 2.98. The summed E-state index contributed by atoms with van der Waals surface area (Å²) in [5.41, 5.74) is 0.519. The van der Waals surface area contributed by atoms with Gasteiger partial charge in [0.2, 0.25) is 0 Å². The van der Waals surface area contributed by atoms with Crippen LogP contribution in [0.15, 0.2) is 10.5 Å². The molecule has 0 spiro atoms. The largest absolute Gasteiger partial charge is 0.465 e. The van der Waals surface area contributed by atoms with Crippen LogP contribution in [-0.4, -0.2) is 31.1 Å². The topological polar surface area (TPSA) is 51.5 Å². The molecule has 0 bridgehead atoms. The minimum Gasteiger partial charge on any atom is -0.465 e. The first kappa shape index (κ1) is 13.5. The van der Waals surface area contributed by atoms with Gasteiger partial charge in [-0.3, -0.25) is 0 Å². The van der Waals surface area contributed by atoms with E-state index in [1.54, 1.807) is 13.0 Å². The number of aryl methyl sites for hydroxylation is 1. The van der Waals surface area contributed by atoms with E-state index in [0.29, 0.717) is 17.9 Å². The van der Waals surface area contributed by atoms with E-state index in [2.05, 4.69) is 5.32 Å². The van der Waals surface area contributed by atoms with Gasteiger partial charge in [0.25, 0.3) is 0 Å². The maximum absolute atomic E-state index is 11.4. The maximum atomic E-state index is 11.4. The molecule has 0 radical (unpaired) electrons. The lowest BCUT2D eigenvalue weighted by Crippen LogP contribution is -2.21. The molecule has 1 unspecified atom stereocenters. The second-order valence-electron chi connectivity index (χ2n) is 4.53. The molecular weight excluding hydrogens is 250 g/mol. The van der Waals surface area contributed by atoms with E-state index in [9.17, 15) is 4.79 Å². The van der Waals surface area contributed by atoms with Gasteiger partial charge in [-0.1, -0.05) is 0 Å². The predicted octanol–water partition coefficient (Wildman–Crippen LogP) is 2.22.